The van der Waals surface area contributed by atoms with Crippen molar-refractivity contribution in [2.24, 2.45) is 4.99 Å². The van der Waals surface area contributed by atoms with Crippen molar-refractivity contribution < 1.29 is 4.74 Å². The van der Waals surface area contributed by atoms with Crippen LogP contribution in [0.2, 0.25) is 0 Å². The lowest BCUT2D eigenvalue weighted by Gasteiger charge is -2.29. The average molecular weight is 431 g/mol. The summed E-state index contributed by atoms with van der Waals surface area (Å²) in [6.07, 6.45) is 4.90. The summed E-state index contributed by atoms with van der Waals surface area (Å²) in [7, 11) is 1.76. The number of para-hydroxylation sites is 1. The molecule has 0 aromatic heterocycles. The van der Waals surface area contributed by atoms with E-state index in [0.717, 1.165) is 31.3 Å². The smallest absolute Gasteiger partial charge is 0.191 e. The van der Waals surface area contributed by atoms with Gasteiger partial charge in [-0.15, -0.1) is 24.0 Å². The van der Waals surface area contributed by atoms with E-state index in [0.29, 0.717) is 0 Å². The largest absolute Gasteiger partial charge is 0.496 e. The van der Waals surface area contributed by atoms with E-state index in [4.69, 9.17) is 9.73 Å². The maximum Gasteiger partial charge on any atom is 0.191 e. The van der Waals surface area contributed by atoms with Crippen molar-refractivity contribution in [2.75, 3.05) is 26.7 Å². The molecular weight excluding hydrogens is 401 g/mol. The van der Waals surface area contributed by atoms with E-state index in [9.17, 15) is 0 Å². The second-order valence-corrected chi connectivity index (χ2v) is 5.91. The van der Waals surface area contributed by atoms with Gasteiger partial charge in [-0.3, -0.25) is 4.99 Å². The molecule has 0 bridgehead atoms. The molecule has 5 heteroatoms. The van der Waals surface area contributed by atoms with Crippen LogP contribution in [0, 0.1) is 0 Å². The van der Waals surface area contributed by atoms with Crippen LogP contribution in [0.15, 0.2) is 29.3 Å². The third-order valence-electron chi connectivity index (χ3n) is 4.47. The number of methoxy groups -OCH3 is 1. The Bertz CT molecular complexity index is 491. The van der Waals surface area contributed by atoms with Gasteiger partial charge in [-0.2, -0.15) is 0 Å². The third-order valence-corrected chi connectivity index (χ3v) is 4.47. The number of halogens is 1. The molecule has 1 aromatic carbocycles. The van der Waals surface area contributed by atoms with Gasteiger partial charge >= 0.3 is 0 Å². The number of benzene rings is 1. The molecule has 0 atom stereocenters. The molecule has 0 heterocycles. The highest BCUT2D eigenvalue weighted by Gasteiger charge is 2.37. The van der Waals surface area contributed by atoms with Crippen molar-refractivity contribution in [3.63, 3.8) is 0 Å². The van der Waals surface area contributed by atoms with E-state index in [1.165, 1.54) is 31.2 Å². The van der Waals surface area contributed by atoms with E-state index in [1.807, 2.05) is 6.07 Å². The molecule has 0 saturated heterocycles. The van der Waals surface area contributed by atoms with Crippen molar-refractivity contribution in [3.05, 3.63) is 29.8 Å². The van der Waals surface area contributed by atoms with E-state index in [1.54, 1.807) is 7.11 Å². The van der Waals surface area contributed by atoms with Gasteiger partial charge in [-0.25, -0.2) is 0 Å². The number of nitrogens with zero attached hydrogens (tertiary/aromatic N) is 1. The van der Waals surface area contributed by atoms with Gasteiger partial charge < -0.3 is 15.4 Å². The Balaban J connectivity index is 0.00000264. The van der Waals surface area contributed by atoms with E-state index in [2.05, 4.69) is 42.7 Å². The van der Waals surface area contributed by atoms with Crippen molar-refractivity contribution in [1.82, 2.24) is 10.6 Å². The molecule has 0 aliphatic heterocycles. The fourth-order valence-corrected chi connectivity index (χ4v) is 3.39. The van der Waals surface area contributed by atoms with Gasteiger partial charge in [0.05, 0.1) is 13.7 Å². The van der Waals surface area contributed by atoms with Gasteiger partial charge in [0.15, 0.2) is 5.96 Å². The quantitative estimate of drug-likeness (QED) is 0.410. The zero-order valence-corrected chi connectivity index (χ0v) is 16.9. The highest BCUT2D eigenvalue weighted by Crippen LogP contribution is 2.44. The van der Waals surface area contributed by atoms with Gasteiger partial charge in [0.2, 0.25) is 0 Å². The Kier molecular flexibility index (Phi) is 8.73. The summed E-state index contributed by atoms with van der Waals surface area (Å²) in [4.78, 5) is 4.85. The van der Waals surface area contributed by atoms with E-state index < -0.39 is 0 Å². The van der Waals surface area contributed by atoms with Gasteiger partial charge in [0, 0.05) is 24.1 Å². The van der Waals surface area contributed by atoms with Crippen LogP contribution in [0.4, 0.5) is 0 Å². The molecule has 23 heavy (non-hydrogen) atoms. The summed E-state index contributed by atoms with van der Waals surface area (Å²) >= 11 is 0. The molecule has 1 aromatic rings. The Morgan fingerprint density at radius 1 is 1.13 bits per heavy atom. The molecule has 2 rings (SSSR count). The molecule has 4 nitrogen and oxygen atoms in total. The van der Waals surface area contributed by atoms with Gasteiger partial charge in [0.25, 0.3) is 0 Å². The summed E-state index contributed by atoms with van der Waals surface area (Å²) in [6.45, 7) is 6.76. The lowest BCUT2D eigenvalue weighted by Crippen LogP contribution is -2.38. The van der Waals surface area contributed by atoms with E-state index >= 15 is 0 Å². The lowest BCUT2D eigenvalue weighted by molar-refractivity contribution is 0.378. The molecule has 1 saturated carbocycles. The van der Waals surface area contributed by atoms with Crippen molar-refractivity contribution in [2.45, 2.75) is 44.9 Å². The summed E-state index contributed by atoms with van der Waals surface area (Å²) in [5.41, 5.74) is 1.42. The normalized spacial score (nSPS) is 15.4. The molecular formula is C18H30IN3O. The van der Waals surface area contributed by atoms with Gasteiger partial charge in [0.1, 0.15) is 5.75 Å². The number of hydrogen-bond acceptors (Lipinski definition) is 2. The van der Waals surface area contributed by atoms with Crippen LogP contribution in [0.3, 0.4) is 0 Å². The highest BCUT2D eigenvalue weighted by atomic mass is 127. The van der Waals surface area contributed by atoms with Gasteiger partial charge in [-0.05, 0) is 32.8 Å². The minimum absolute atomic E-state index is 0. The zero-order chi connectivity index (χ0) is 15.8. The molecule has 2 N–H and O–H groups in total. The van der Waals surface area contributed by atoms with Crippen LogP contribution in [0.5, 0.6) is 5.75 Å². The number of aliphatic imine (C=N–C) groups is 1. The minimum Gasteiger partial charge on any atom is -0.496 e. The zero-order valence-electron chi connectivity index (χ0n) is 14.5. The molecule has 0 amide bonds. The first-order valence-corrected chi connectivity index (χ1v) is 8.41. The number of hydrogen-bond donors (Lipinski definition) is 2. The first kappa shape index (κ1) is 20.1. The third kappa shape index (κ3) is 4.99. The fraction of sp³-hybridized carbons (Fsp3) is 0.611. The second-order valence-electron chi connectivity index (χ2n) is 5.91. The average Bonchev–Trinajstić information content (AvgIpc) is 3.03. The molecule has 0 radical (unpaired) electrons. The standard InChI is InChI=1S/C18H29N3O.HI/c1-4-19-17(20-5-2)21-14-18(12-8-9-13-18)15-10-6-7-11-16(15)22-3;/h6-7,10-11H,4-5,8-9,12-14H2,1-3H3,(H2,19,20,21);1H. The first-order valence-electron chi connectivity index (χ1n) is 8.41. The summed E-state index contributed by atoms with van der Waals surface area (Å²) in [6, 6.07) is 8.42. The van der Waals surface area contributed by atoms with E-state index in [-0.39, 0.29) is 29.4 Å². The Hall–Kier alpha value is -0.980. The predicted molar refractivity (Wildman–Crippen MR) is 108 cm³/mol. The maximum absolute atomic E-state index is 5.60. The second kappa shape index (κ2) is 10.0. The van der Waals surface area contributed by atoms with Crippen molar-refractivity contribution in [1.29, 1.82) is 0 Å². The Morgan fingerprint density at radius 2 is 1.74 bits per heavy atom. The van der Waals surface area contributed by atoms with Crippen LogP contribution < -0.4 is 15.4 Å². The molecule has 130 valence electrons. The summed E-state index contributed by atoms with van der Waals surface area (Å²) in [5, 5.41) is 6.62. The van der Waals surface area contributed by atoms with Crippen LogP contribution in [-0.4, -0.2) is 32.7 Å². The monoisotopic (exact) mass is 431 g/mol. The van der Waals surface area contributed by atoms with Crippen molar-refractivity contribution >= 4 is 29.9 Å². The van der Waals surface area contributed by atoms with Crippen LogP contribution in [-0.2, 0) is 5.41 Å². The molecule has 0 unspecified atom stereocenters. The molecule has 0 spiro atoms. The molecule has 1 fully saturated rings. The first-order chi connectivity index (χ1) is 10.8. The summed E-state index contributed by atoms with van der Waals surface area (Å²) < 4.78 is 5.60. The molecule has 1 aliphatic rings. The summed E-state index contributed by atoms with van der Waals surface area (Å²) in [5.74, 6) is 1.90. The SMILES string of the molecule is CCNC(=NCC1(c2ccccc2OC)CCCC1)NCC.I. The Morgan fingerprint density at radius 3 is 2.30 bits per heavy atom. The maximum atomic E-state index is 5.60. The predicted octanol–water partition coefficient (Wildman–Crippen LogP) is 3.70. The highest BCUT2D eigenvalue weighted by molar-refractivity contribution is 14.0. The minimum atomic E-state index is 0. The topological polar surface area (TPSA) is 45.7 Å². The van der Waals surface area contributed by atoms with Crippen LogP contribution >= 0.6 is 24.0 Å². The lowest BCUT2D eigenvalue weighted by atomic mass is 9.78. The van der Waals surface area contributed by atoms with Crippen LogP contribution in [0.1, 0.15) is 45.1 Å². The van der Waals surface area contributed by atoms with Crippen molar-refractivity contribution in [3.8, 4) is 5.75 Å². The Labute approximate surface area is 157 Å². The number of guanidine groups is 1. The van der Waals surface area contributed by atoms with Gasteiger partial charge in [-0.1, -0.05) is 31.0 Å². The van der Waals surface area contributed by atoms with Crippen LogP contribution in [0.25, 0.3) is 0 Å². The molecule has 1 aliphatic carbocycles. The number of rotatable bonds is 6. The fourth-order valence-electron chi connectivity index (χ4n) is 3.39. The number of nitrogens with one attached hydrogen (secondary N) is 2. The number of ether oxygens (including phenoxy) is 1.